The fourth-order valence-corrected chi connectivity index (χ4v) is 5.59. The Kier molecular flexibility index (Phi) is 7.83. The molecule has 2 radical (unpaired) electrons. The van der Waals surface area contributed by atoms with Gasteiger partial charge in [-0.1, -0.05) is 54.1 Å². The molecule has 43 heavy (non-hydrogen) atoms. The van der Waals surface area contributed by atoms with E-state index in [1.165, 1.54) is 6.20 Å². The maximum Gasteiger partial charge on any atom is 0.119 e. The molecule has 4 aromatic rings. The third-order valence-electron chi connectivity index (χ3n) is 7.73. The van der Waals surface area contributed by atoms with Gasteiger partial charge in [-0.05, 0) is 54.7 Å². The molecule has 0 spiro atoms. The summed E-state index contributed by atoms with van der Waals surface area (Å²) in [6.45, 7) is -0.0451. The molecule has 1 aliphatic carbocycles. The number of aromatic nitrogens is 1. The van der Waals surface area contributed by atoms with Crippen LogP contribution in [0, 0.1) is 22.7 Å². The SMILES string of the molecule is [B][C@@](Nc1cc(Cl)c2ncc(C#N)c(N[C@H](CCO)c3ccccc3)c2c1)(C1=CN(C2CC2)NN1)c1cccc(C#N)c1. The number of benzene rings is 3. The van der Waals surface area contributed by atoms with Crippen molar-refractivity contribution in [3.63, 3.8) is 0 Å². The van der Waals surface area contributed by atoms with E-state index in [4.69, 9.17) is 19.4 Å². The average molecular weight is 587 g/mol. The Labute approximate surface area is 256 Å². The minimum absolute atomic E-state index is 0.0451. The Bertz CT molecular complexity index is 1780. The zero-order chi connectivity index (χ0) is 30.0. The Balaban J connectivity index is 1.45. The fourth-order valence-electron chi connectivity index (χ4n) is 5.32. The highest BCUT2D eigenvalue weighted by molar-refractivity contribution is 6.36. The lowest BCUT2D eigenvalue weighted by Gasteiger charge is -2.34. The molecule has 212 valence electrons. The highest BCUT2D eigenvalue weighted by Gasteiger charge is 2.38. The van der Waals surface area contributed by atoms with Gasteiger partial charge >= 0.3 is 0 Å². The van der Waals surface area contributed by atoms with E-state index in [9.17, 15) is 15.6 Å². The maximum atomic E-state index is 10.0. The number of pyridine rings is 1. The van der Waals surface area contributed by atoms with Crippen LogP contribution in [0.4, 0.5) is 11.4 Å². The van der Waals surface area contributed by atoms with Crippen molar-refractivity contribution < 1.29 is 5.11 Å². The first-order chi connectivity index (χ1) is 20.9. The van der Waals surface area contributed by atoms with Crippen molar-refractivity contribution in [1.82, 2.24) is 21.0 Å². The summed E-state index contributed by atoms with van der Waals surface area (Å²) >= 11 is 6.81. The predicted molar refractivity (Wildman–Crippen MR) is 167 cm³/mol. The highest BCUT2D eigenvalue weighted by atomic mass is 35.5. The summed E-state index contributed by atoms with van der Waals surface area (Å²) in [5, 5.41) is 39.4. The van der Waals surface area contributed by atoms with Gasteiger partial charge < -0.3 is 21.2 Å². The van der Waals surface area contributed by atoms with E-state index in [0.717, 1.165) is 18.4 Å². The summed E-state index contributed by atoms with van der Waals surface area (Å²) in [7, 11) is 7.18. The third-order valence-corrected chi connectivity index (χ3v) is 8.01. The summed E-state index contributed by atoms with van der Waals surface area (Å²) in [6, 6.07) is 25.0. The van der Waals surface area contributed by atoms with Crippen molar-refractivity contribution in [1.29, 1.82) is 10.5 Å². The van der Waals surface area contributed by atoms with Crippen molar-refractivity contribution >= 4 is 41.7 Å². The fraction of sp³-hybridized carbons (Fsp3) is 0.219. The number of hydrazine groups is 2. The molecule has 1 fully saturated rings. The van der Waals surface area contributed by atoms with Crippen LogP contribution in [0.1, 0.15) is 47.6 Å². The summed E-state index contributed by atoms with van der Waals surface area (Å²) in [5.41, 5.74) is 9.82. The molecule has 0 saturated heterocycles. The van der Waals surface area contributed by atoms with Crippen molar-refractivity contribution in [3.05, 3.63) is 112 Å². The summed E-state index contributed by atoms with van der Waals surface area (Å²) in [5.74, 6) is 0. The molecule has 2 aliphatic rings. The van der Waals surface area contributed by atoms with Crippen LogP contribution in [0.5, 0.6) is 0 Å². The number of aliphatic hydroxyl groups is 1. The van der Waals surface area contributed by atoms with E-state index in [2.05, 4.69) is 38.7 Å². The monoisotopic (exact) mass is 586 g/mol. The minimum Gasteiger partial charge on any atom is -0.396 e. The zero-order valence-electron chi connectivity index (χ0n) is 23.2. The van der Waals surface area contributed by atoms with E-state index < -0.39 is 5.44 Å². The number of hydrogen-bond donors (Lipinski definition) is 5. The van der Waals surface area contributed by atoms with E-state index in [1.807, 2.05) is 53.7 Å². The first kappa shape index (κ1) is 28.4. The largest absolute Gasteiger partial charge is 0.396 e. The number of halogens is 1. The first-order valence-electron chi connectivity index (χ1n) is 14.0. The molecule has 1 aliphatic heterocycles. The Morgan fingerprint density at radius 3 is 2.65 bits per heavy atom. The molecule has 1 aromatic heterocycles. The molecular weight excluding hydrogens is 559 g/mol. The Morgan fingerprint density at radius 1 is 1.12 bits per heavy atom. The lowest BCUT2D eigenvalue weighted by Crippen LogP contribution is -2.45. The van der Waals surface area contributed by atoms with Gasteiger partial charge in [0.05, 0.1) is 50.6 Å². The van der Waals surface area contributed by atoms with Crippen LogP contribution in [0.15, 0.2) is 84.8 Å². The molecule has 0 unspecified atom stereocenters. The van der Waals surface area contributed by atoms with Crippen molar-refractivity contribution in [3.8, 4) is 12.1 Å². The van der Waals surface area contributed by atoms with Crippen LogP contribution in [-0.2, 0) is 5.44 Å². The van der Waals surface area contributed by atoms with Crippen molar-refractivity contribution in [2.75, 3.05) is 17.2 Å². The third kappa shape index (κ3) is 5.69. The molecule has 0 bridgehead atoms. The maximum absolute atomic E-state index is 10.0. The van der Waals surface area contributed by atoms with Gasteiger partial charge in [-0.25, -0.2) is 0 Å². The van der Waals surface area contributed by atoms with Crippen LogP contribution < -0.4 is 21.6 Å². The van der Waals surface area contributed by atoms with Crippen molar-refractivity contribution in [2.45, 2.75) is 36.8 Å². The smallest absolute Gasteiger partial charge is 0.119 e. The molecule has 3 aromatic carbocycles. The number of hydrogen-bond acceptors (Lipinski definition) is 9. The van der Waals surface area contributed by atoms with Gasteiger partial charge in [0.1, 0.15) is 13.9 Å². The second kappa shape index (κ2) is 11.9. The van der Waals surface area contributed by atoms with E-state index >= 15 is 0 Å². The molecule has 0 amide bonds. The summed E-state index contributed by atoms with van der Waals surface area (Å²) in [6.07, 6.45) is 6.02. The predicted octanol–water partition coefficient (Wildman–Crippen LogP) is 4.93. The Morgan fingerprint density at radius 2 is 1.93 bits per heavy atom. The van der Waals surface area contributed by atoms with Gasteiger partial charge in [0, 0.05) is 36.1 Å². The van der Waals surface area contributed by atoms with Crippen LogP contribution in [-0.4, -0.2) is 35.6 Å². The number of rotatable bonds is 10. The number of fused-ring (bicyclic) bond motifs is 1. The van der Waals surface area contributed by atoms with Crippen LogP contribution in [0.25, 0.3) is 10.9 Å². The van der Waals surface area contributed by atoms with Gasteiger partial charge in [0.2, 0.25) is 0 Å². The second-order valence-corrected chi connectivity index (χ2v) is 11.1. The molecule has 11 heteroatoms. The zero-order valence-corrected chi connectivity index (χ0v) is 23.9. The van der Waals surface area contributed by atoms with E-state index in [-0.39, 0.29) is 12.6 Å². The number of anilines is 2. The second-order valence-electron chi connectivity index (χ2n) is 10.7. The molecular formula is C32H28BClN8O. The summed E-state index contributed by atoms with van der Waals surface area (Å²) < 4.78 is 0. The minimum atomic E-state index is -1.29. The van der Waals surface area contributed by atoms with Gasteiger partial charge in [0.25, 0.3) is 0 Å². The highest BCUT2D eigenvalue weighted by Crippen LogP contribution is 2.39. The normalized spacial score (nSPS) is 16.4. The van der Waals surface area contributed by atoms with Gasteiger partial charge in [-0.3, -0.25) is 9.99 Å². The van der Waals surface area contributed by atoms with E-state index in [1.54, 1.807) is 24.3 Å². The summed E-state index contributed by atoms with van der Waals surface area (Å²) in [4.78, 5) is 4.49. The average Bonchev–Trinajstić information content (AvgIpc) is 3.76. The van der Waals surface area contributed by atoms with Crippen LogP contribution in [0.3, 0.4) is 0 Å². The number of nitriles is 2. The van der Waals surface area contributed by atoms with E-state index in [0.29, 0.717) is 62.2 Å². The number of aliphatic hydroxyl groups excluding tert-OH is 1. The van der Waals surface area contributed by atoms with Crippen molar-refractivity contribution in [2.24, 2.45) is 0 Å². The lowest BCUT2D eigenvalue weighted by molar-refractivity contribution is 0.260. The first-order valence-corrected chi connectivity index (χ1v) is 14.4. The molecule has 2 atom stereocenters. The Hall–Kier alpha value is -4.74. The molecule has 1 saturated carbocycles. The molecule has 5 N–H and O–H groups in total. The lowest BCUT2D eigenvalue weighted by atomic mass is 9.69. The van der Waals surface area contributed by atoms with Gasteiger partial charge in [0.15, 0.2) is 0 Å². The van der Waals surface area contributed by atoms with Crippen LogP contribution >= 0.6 is 11.6 Å². The quantitative estimate of drug-likeness (QED) is 0.164. The standard InChI is InChI=1S/C32H28BClN8O/c33-32(23-8-4-5-20(13-23)16-35,29-19-42(41-40-29)25-9-10-25)39-24-14-26-30(22(17-36)18-37-31(26)27(34)15-24)38-28(11-12-43)21-6-2-1-3-7-21/h1-8,13-15,18-19,25,28,39-41,43H,9-12H2,(H,37,38)/t28-,32+/m1/s1. The molecule has 6 rings (SSSR count). The topological polar surface area (TPSA) is 132 Å². The van der Waals surface area contributed by atoms with Crippen LogP contribution in [0.2, 0.25) is 5.02 Å². The number of nitrogens with zero attached hydrogens (tertiary/aromatic N) is 4. The van der Waals surface area contributed by atoms with Gasteiger partial charge in [-0.2, -0.15) is 10.5 Å². The van der Waals surface area contributed by atoms with Gasteiger partial charge in [-0.15, -0.1) is 5.53 Å². The number of nitrogens with one attached hydrogen (secondary N) is 4. The molecule has 2 heterocycles. The molecule has 9 nitrogen and oxygen atoms in total.